The molecule has 26 heavy (non-hydrogen) atoms. The van der Waals surface area contributed by atoms with Gasteiger partial charge < -0.3 is 18.8 Å². The number of methoxy groups -OCH3 is 3. The molecule has 0 aliphatic carbocycles. The predicted octanol–water partition coefficient (Wildman–Crippen LogP) is 3.11. The van der Waals surface area contributed by atoms with Crippen molar-refractivity contribution in [2.75, 3.05) is 27.9 Å². The lowest BCUT2D eigenvalue weighted by atomic mass is 10.2. The Hall–Kier alpha value is -2.64. The van der Waals surface area contributed by atoms with Gasteiger partial charge in [0.1, 0.15) is 17.0 Å². The Morgan fingerprint density at radius 1 is 1.12 bits per heavy atom. The highest BCUT2D eigenvalue weighted by molar-refractivity contribution is 7.16. The van der Waals surface area contributed by atoms with Crippen LogP contribution in [0.1, 0.15) is 10.4 Å². The molecule has 0 fully saturated rings. The highest BCUT2D eigenvalue weighted by atomic mass is 32.1. The zero-order valence-electron chi connectivity index (χ0n) is 14.9. The minimum atomic E-state index is -0.319. The van der Waals surface area contributed by atoms with Crippen molar-refractivity contribution in [2.24, 2.45) is 4.99 Å². The van der Waals surface area contributed by atoms with Crippen LogP contribution in [-0.4, -0.2) is 38.4 Å². The first-order valence-electron chi connectivity index (χ1n) is 8.06. The fraction of sp³-hybridized carbons (Fsp3) is 0.263. The maximum atomic E-state index is 12.6. The number of hydrogen-bond acceptors (Lipinski definition) is 5. The summed E-state index contributed by atoms with van der Waals surface area (Å²) in [5, 5.41) is 0. The summed E-state index contributed by atoms with van der Waals surface area (Å²) < 4.78 is 18.8. The Labute approximate surface area is 155 Å². The van der Waals surface area contributed by atoms with Crippen LogP contribution in [-0.2, 0) is 11.3 Å². The van der Waals surface area contributed by atoms with E-state index in [9.17, 15) is 4.79 Å². The predicted molar refractivity (Wildman–Crippen MR) is 101 cm³/mol. The minimum Gasteiger partial charge on any atom is -0.497 e. The van der Waals surface area contributed by atoms with Gasteiger partial charge in [-0.25, -0.2) is 0 Å². The van der Waals surface area contributed by atoms with Crippen molar-refractivity contribution in [3.63, 3.8) is 0 Å². The maximum Gasteiger partial charge on any atom is 0.279 e. The number of hydrogen-bond donors (Lipinski definition) is 0. The van der Waals surface area contributed by atoms with Crippen molar-refractivity contribution in [2.45, 2.75) is 6.54 Å². The quantitative estimate of drug-likeness (QED) is 0.667. The summed E-state index contributed by atoms with van der Waals surface area (Å²) >= 11 is 1.45. The van der Waals surface area contributed by atoms with Crippen LogP contribution in [0.4, 0.5) is 0 Å². The second-order valence-corrected chi connectivity index (χ2v) is 6.49. The summed E-state index contributed by atoms with van der Waals surface area (Å²) in [4.78, 5) is 17.6. The Morgan fingerprint density at radius 3 is 2.65 bits per heavy atom. The van der Waals surface area contributed by atoms with E-state index in [0.29, 0.717) is 29.3 Å². The number of nitrogens with zero attached hydrogens (tertiary/aromatic N) is 2. The molecule has 3 aromatic rings. The molecule has 3 rings (SSSR count). The van der Waals surface area contributed by atoms with Crippen LogP contribution in [0.25, 0.3) is 10.2 Å². The van der Waals surface area contributed by atoms with Crippen LogP contribution in [0.3, 0.4) is 0 Å². The van der Waals surface area contributed by atoms with Crippen molar-refractivity contribution < 1.29 is 19.0 Å². The number of benzene rings is 2. The van der Waals surface area contributed by atoms with Crippen LogP contribution in [0.5, 0.6) is 11.5 Å². The van der Waals surface area contributed by atoms with Crippen molar-refractivity contribution >= 4 is 27.5 Å². The molecule has 0 aliphatic rings. The van der Waals surface area contributed by atoms with Gasteiger partial charge in [-0.05, 0) is 30.3 Å². The number of para-hydroxylation sites is 1. The van der Waals surface area contributed by atoms with Gasteiger partial charge in [-0.1, -0.05) is 23.5 Å². The third-order valence-electron chi connectivity index (χ3n) is 3.92. The molecule has 0 bridgehead atoms. The lowest BCUT2D eigenvalue weighted by Gasteiger charge is -2.08. The van der Waals surface area contributed by atoms with E-state index in [-0.39, 0.29) is 5.91 Å². The lowest BCUT2D eigenvalue weighted by molar-refractivity contribution is 0.0997. The van der Waals surface area contributed by atoms with Gasteiger partial charge in [0.15, 0.2) is 4.80 Å². The number of thiazole rings is 1. The SMILES string of the molecule is COCCn1c(=NC(=O)c2cccc(OC)c2)sc2cccc(OC)c21. The van der Waals surface area contributed by atoms with E-state index in [0.717, 1.165) is 16.0 Å². The molecule has 6 nitrogen and oxygen atoms in total. The molecule has 0 atom stereocenters. The molecular weight excluding hydrogens is 352 g/mol. The Kier molecular flexibility index (Phi) is 5.70. The maximum absolute atomic E-state index is 12.6. The van der Waals surface area contributed by atoms with Crippen LogP contribution < -0.4 is 14.3 Å². The molecular formula is C19H20N2O4S. The monoisotopic (exact) mass is 372 g/mol. The molecule has 1 heterocycles. The highest BCUT2D eigenvalue weighted by Gasteiger charge is 2.13. The van der Waals surface area contributed by atoms with Crippen LogP contribution in [0.15, 0.2) is 47.5 Å². The Bertz CT molecular complexity index is 991. The molecule has 0 aliphatic heterocycles. The number of ether oxygens (including phenoxy) is 3. The summed E-state index contributed by atoms with van der Waals surface area (Å²) in [6, 6.07) is 12.8. The van der Waals surface area contributed by atoms with Gasteiger partial charge in [0, 0.05) is 19.2 Å². The van der Waals surface area contributed by atoms with Gasteiger partial charge >= 0.3 is 0 Å². The number of fused-ring (bicyclic) bond motifs is 1. The van der Waals surface area contributed by atoms with E-state index < -0.39 is 0 Å². The first-order valence-corrected chi connectivity index (χ1v) is 8.88. The molecule has 2 aromatic carbocycles. The molecule has 0 saturated carbocycles. The first-order chi connectivity index (χ1) is 12.7. The summed E-state index contributed by atoms with van der Waals surface area (Å²) in [6.07, 6.45) is 0. The van der Waals surface area contributed by atoms with E-state index in [1.807, 2.05) is 22.8 Å². The number of carbonyl (C=O) groups excluding carboxylic acids is 1. The molecule has 1 aromatic heterocycles. The van der Waals surface area contributed by atoms with Gasteiger partial charge in [-0.2, -0.15) is 4.99 Å². The second-order valence-electron chi connectivity index (χ2n) is 5.49. The summed E-state index contributed by atoms with van der Waals surface area (Å²) in [5.41, 5.74) is 1.39. The molecule has 0 N–H and O–H groups in total. The van der Waals surface area contributed by atoms with Gasteiger partial charge in [-0.3, -0.25) is 4.79 Å². The minimum absolute atomic E-state index is 0.319. The zero-order valence-corrected chi connectivity index (χ0v) is 15.7. The fourth-order valence-corrected chi connectivity index (χ4v) is 3.72. The third-order valence-corrected chi connectivity index (χ3v) is 4.96. The summed E-state index contributed by atoms with van der Waals surface area (Å²) in [7, 11) is 4.84. The molecule has 0 radical (unpaired) electrons. The number of amides is 1. The van der Waals surface area contributed by atoms with Crippen molar-refractivity contribution in [1.82, 2.24) is 4.57 Å². The van der Waals surface area contributed by atoms with Gasteiger partial charge in [0.05, 0.1) is 25.5 Å². The fourth-order valence-electron chi connectivity index (χ4n) is 2.65. The van der Waals surface area contributed by atoms with Crippen LogP contribution in [0, 0.1) is 0 Å². The number of aromatic nitrogens is 1. The first kappa shape index (κ1) is 18.2. The topological polar surface area (TPSA) is 62.1 Å². The Morgan fingerprint density at radius 2 is 1.92 bits per heavy atom. The lowest BCUT2D eigenvalue weighted by Crippen LogP contribution is -2.19. The molecule has 0 unspecified atom stereocenters. The van der Waals surface area contributed by atoms with E-state index >= 15 is 0 Å². The molecule has 0 saturated heterocycles. The molecule has 136 valence electrons. The standard InChI is InChI=1S/C19H20N2O4S/c1-23-11-10-21-17-15(25-3)8-5-9-16(17)26-19(21)20-18(22)13-6-4-7-14(12-13)24-2/h4-9,12H,10-11H2,1-3H3. The van der Waals surface area contributed by atoms with Gasteiger partial charge in [0.2, 0.25) is 0 Å². The van der Waals surface area contributed by atoms with E-state index in [4.69, 9.17) is 14.2 Å². The second kappa shape index (κ2) is 8.16. The molecule has 0 spiro atoms. The van der Waals surface area contributed by atoms with E-state index in [2.05, 4.69) is 4.99 Å². The normalized spacial score (nSPS) is 11.7. The van der Waals surface area contributed by atoms with E-state index in [1.165, 1.54) is 11.3 Å². The number of carbonyl (C=O) groups is 1. The summed E-state index contributed by atoms with van der Waals surface area (Å²) in [6.45, 7) is 1.07. The average molecular weight is 372 g/mol. The van der Waals surface area contributed by atoms with Crippen LogP contribution >= 0.6 is 11.3 Å². The smallest absolute Gasteiger partial charge is 0.279 e. The highest BCUT2D eigenvalue weighted by Crippen LogP contribution is 2.27. The zero-order chi connectivity index (χ0) is 18.5. The van der Waals surface area contributed by atoms with Crippen LogP contribution in [0.2, 0.25) is 0 Å². The van der Waals surface area contributed by atoms with Gasteiger partial charge in [0.25, 0.3) is 5.91 Å². The molecule has 1 amide bonds. The average Bonchev–Trinajstić information content (AvgIpc) is 3.03. The van der Waals surface area contributed by atoms with Crippen molar-refractivity contribution in [3.8, 4) is 11.5 Å². The van der Waals surface area contributed by atoms with E-state index in [1.54, 1.807) is 45.6 Å². The Balaban J connectivity index is 2.13. The summed E-state index contributed by atoms with van der Waals surface area (Å²) in [5.74, 6) is 1.04. The third kappa shape index (κ3) is 3.63. The molecule has 7 heteroatoms. The largest absolute Gasteiger partial charge is 0.497 e. The number of rotatable bonds is 6. The van der Waals surface area contributed by atoms with Gasteiger partial charge in [-0.15, -0.1) is 0 Å². The van der Waals surface area contributed by atoms with Crippen molar-refractivity contribution in [3.05, 3.63) is 52.8 Å². The van der Waals surface area contributed by atoms with Crippen molar-refractivity contribution in [1.29, 1.82) is 0 Å².